The van der Waals surface area contributed by atoms with E-state index >= 15 is 0 Å². The van der Waals surface area contributed by atoms with Gasteiger partial charge in [0.2, 0.25) is 0 Å². The Morgan fingerprint density at radius 2 is 0.850 bits per heavy atom. The summed E-state index contributed by atoms with van der Waals surface area (Å²) in [6.07, 6.45) is 8.67. The molecule has 0 amide bonds. The zero-order valence-corrected chi connectivity index (χ0v) is 13.7. The molecule has 0 atom stereocenters. The third-order valence-electron chi connectivity index (χ3n) is 4.05. The van der Waals surface area contributed by atoms with Gasteiger partial charge in [-0.15, -0.1) is 0 Å². The zero-order valence-electron chi connectivity index (χ0n) is 13.7. The minimum Gasteiger partial charge on any atom is -0.867 e. The predicted molar refractivity (Wildman–Crippen MR) is 78.2 cm³/mol. The number of piperidine rings is 2. The molecule has 0 aliphatic carbocycles. The molecular formula is C14H32BFN2O2. The number of nitrogens with zero attached hydrogens (tertiary/aromatic N) is 2. The smallest absolute Gasteiger partial charge is 0.121 e. The Balaban J connectivity index is 0.000000289. The van der Waals surface area contributed by atoms with Gasteiger partial charge in [0.25, 0.3) is 0 Å². The molecule has 2 aliphatic heterocycles. The van der Waals surface area contributed by atoms with Gasteiger partial charge >= 0.3 is 0 Å². The van der Waals surface area contributed by atoms with Crippen LogP contribution in [0.3, 0.4) is 0 Å². The molecule has 0 unspecified atom stereocenters. The first kappa shape index (κ1) is 19.8. The highest BCUT2D eigenvalue weighted by Gasteiger charge is 2.18. The molecule has 0 spiro atoms. The fraction of sp³-hybridized carbons (Fsp3) is 1.00. The van der Waals surface area contributed by atoms with E-state index in [4.69, 9.17) is 10.0 Å². The van der Waals surface area contributed by atoms with E-state index < -0.39 is 7.40 Å². The molecule has 2 aliphatic rings. The van der Waals surface area contributed by atoms with Crippen molar-refractivity contribution in [1.82, 2.24) is 0 Å². The van der Waals surface area contributed by atoms with Gasteiger partial charge in [0.1, 0.15) is 7.40 Å². The molecule has 4 nitrogen and oxygen atoms in total. The van der Waals surface area contributed by atoms with Crippen molar-refractivity contribution in [2.75, 3.05) is 54.4 Å². The van der Waals surface area contributed by atoms with Crippen LogP contribution < -0.4 is 10.0 Å². The molecule has 0 aromatic heterocycles. The van der Waals surface area contributed by atoms with Crippen molar-refractivity contribution in [3.63, 3.8) is 0 Å². The van der Waals surface area contributed by atoms with Crippen LogP contribution >= 0.6 is 0 Å². The predicted octanol–water partition coefficient (Wildman–Crippen LogP) is 0.155. The monoisotopic (exact) mass is 290 g/mol. The molecule has 120 valence electrons. The molecule has 2 heterocycles. The van der Waals surface area contributed by atoms with Crippen LogP contribution in [0, 0.1) is 0 Å². The maximum absolute atomic E-state index is 9.89. The second kappa shape index (κ2) is 9.71. The van der Waals surface area contributed by atoms with E-state index in [1.165, 1.54) is 73.7 Å². The number of hydrogen-bond acceptors (Lipinski definition) is 2. The molecule has 0 aromatic rings. The minimum absolute atomic E-state index is 1.25. The van der Waals surface area contributed by atoms with Crippen LogP contribution in [-0.2, 0) is 0 Å². The summed E-state index contributed by atoms with van der Waals surface area (Å²) in [5, 5.41) is 16.6. The molecule has 0 aromatic carbocycles. The van der Waals surface area contributed by atoms with E-state index in [0.29, 0.717) is 0 Å². The van der Waals surface area contributed by atoms with Crippen molar-refractivity contribution in [3.05, 3.63) is 0 Å². The van der Waals surface area contributed by atoms with Crippen molar-refractivity contribution < 1.29 is 23.3 Å². The van der Waals surface area contributed by atoms with Gasteiger partial charge in [0.15, 0.2) is 0 Å². The van der Waals surface area contributed by atoms with Crippen molar-refractivity contribution >= 4 is 7.40 Å². The highest BCUT2D eigenvalue weighted by molar-refractivity contribution is 6.27. The van der Waals surface area contributed by atoms with Crippen LogP contribution in [0.5, 0.6) is 0 Å². The summed E-state index contributed by atoms with van der Waals surface area (Å²) in [5.41, 5.74) is 0. The maximum Gasteiger partial charge on any atom is 0.121 e. The number of likely N-dealkylation sites (tertiary alicyclic amines) is 2. The Labute approximate surface area is 124 Å². The second-order valence-corrected chi connectivity index (χ2v) is 7.16. The van der Waals surface area contributed by atoms with E-state index in [1.54, 1.807) is 0 Å². The molecule has 20 heavy (non-hydrogen) atoms. The Hall–Kier alpha value is -0.165. The summed E-state index contributed by atoms with van der Waals surface area (Å²) >= 11 is 0. The fourth-order valence-electron chi connectivity index (χ4n) is 2.74. The van der Waals surface area contributed by atoms with Crippen LogP contribution in [-0.4, -0.2) is 70.7 Å². The Kier molecular flexibility index (Phi) is 9.63. The van der Waals surface area contributed by atoms with Gasteiger partial charge in [-0.25, -0.2) is 0 Å². The van der Waals surface area contributed by atoms with Crippen molar-refractivity contribution in [3.8, 4) is 0 Å². The number of quaternary nitrogens is 2. The number of hydrogen-bond donors (Lipinski definition) is 0. The molecule has 0 radical (unpaired) electrons. The zero-order chi connectivity index (χ0) is 15.6. The Morgan fingerprint density at radius 1 is 0.650 bits per heavy atom. The van der Waals surface area contributed by atoms with E-state index in [1.807, 2.05) is 0 Å². The quantitative estimate of drug-likeness (QED) is 0.471. The SMILES string of the molecule is C[N+]1(C)CCCCC1.C[N+]1(C)CCCCC1.[O-]B([O-])F. The van der Waals surface area contributed by atoms with E-state index in [9.17, 15) is 4.32 Å². The summed E-state index contributed by atoms with van der Waals surface area (Å²) in [7, 11) is 6.11. The summed E-state index contributed by atoms with van der Waals surface area (Å²) in [5.74, 6) is 0. The van der Waals surface area contributed by atoms with Crippen LogP contribution in [0.2, 0.25) is 0 Å². The Morgan fingerprint density at radius 3 is 0.950 bits per heavy atom. The summed E-state index contributed by atoms with van der Waals surface area (Å²) < 4.78 is 12.4. The summed E-state index contributed by atoms with van der Waals surface area (Å²) in [6, 6.07) is 0. The first-order valence-electron chi connectivity index (χ1n) is 7.74. The molecule has 2 fully saturated rings. The number of rotatable bonds is 0. The van der Waals surface area contributed by atoms with Crippen LogP contribution in [0.1, 0.15) is 38.5 Å². The van der Waals surface area contributed by atoms with E-state index in [0.717, 1.165) is 0 Å². The Bertz CT molecular complexity index is 211. The van der Waals surface area contributed by atoms with Crippen molar-refractivity contribution in [1.29, 1.82) is 0 Å². The van der Waals surface area contributed by atoms with Crippen molar-refractivity contribution in [2.24, 2.45) is 0 Å². The lowest BCUT2D eigenvalue weighted by molar-refractivity contribution is -0.894. The molecule has 0 saturated carbocycles. The topological polar surface area (TPSA) is 46.1 Å². The molecule has 0 N–H and O–H groups in total. The lowest BCUT2D eigenvalue weighted by atomic mass is 10.1. The van der Waals surface area contributed by atoms with Gasteiger partial charge in [-0.1, -0.05) is 0 Å². The average Bonchev–Trinajstić information content (AvgIpc) is 2.28. The third kappa shape index (κ3) is 12.8. The van der Waals surface area contributed by atoms with Gasteiger partial charge in [-0.3, -0.25) is 0 Å². The van der Waals surface area contributed by atoms with Crippen molar-refractivity contribution in [2.45, 2.75) is 38.5 Å². The first-order chi connectivity index (χ1) is 9.15. The van der Waals surface area contributed by atoms with Gasteiger partial charge in [-0.05, 0) is 38.5 Å². The lowest BCUT2D eigenvalue weighted by Crippen LogP contribution is -2.43. The molecule has 0 bridgehead atoms. The van der Waals surface area contributed by atoms with Gasteiger partial charge in [-0.2, -0.15) is 0 Å². The highest BCUT2D eigenvalue weighted by atomic mass is 19.1. The molecule has 6 heteroatoms. The third-order valence-corrected chi connectivity index (χ3v) is 4.05. The minimum atomic E-state index is -3.17. The summed E-state index contributed by atoms with van der Waals surface area (Å²) in [6.45, 7) is 5.56. The van der Waals surface area contributed by atoms with Gasteiger partial charge in [0, 0.05) is 0 Å². The fourth-order valence-corrected chi connectivity index (χ4v) is 2.74. The normalized spacial score (nSPS) is 23.6. The van der Waals surface area contributed by atoms with Crippen LogP contribution in [0.15, 0.2) is 0 Å². The lowest BCUT2D eigenvalue weighted by Gasteiger charge is -2.33. The average molecular weight is 290 g/mol. The first-order valence-corrected chi connectivity index (χ1v) is 7.74. The second-order valence-electron chi connectivity index (χ2n) is 7.16. The molecule has 2 saturated heterocycles. The largest absolute Gasteiger partial charge is 0.867 e. The standard InChI is InChI=1S/2C7H16N.BFO2/c2*1-8(2)6-4-3-5-7-8;2-1(3)4/h2*3-7H2,1-2H3;/q2*+1;-2. The van der Waals surface area contributed by atoms with E-state index in [-0.39, 0.29) is 0 Å². The number of halogens is 1. The van der Waals surface area contributed by atoms with Crippen LogP contribution in [0.4, 0.5) is 4.32 Å². The van der Waals surface area contributed by atoms with E-state index in [2.05, 4.69) is 28.2 Å². The molecular weight excluding hydrogens is 258 g/mol. The van der Waals surface area contributed by atoms with Gasteiger partial charge < -0.3 is 23.3 Å². The summed E-state index contributed by atoms with van der Waals surface area (Å²) in [4.78, 5) is 0. The maximum atomic E-state index is 9.89. The molecule has 2 rings (SSSR count). The van der Waals surface area contributed by atoms with Crippen LogP contribution in [0.25, 0.3) is 0 Å². The van der Waals surface area contributed by atoms with Gasteiger partial charge in [0.05, 0.1) is 54.4 Å². The highest BCUT2D eigenvalue weighted by Crippen LogP contribution is 2.12.